The third-order valence-corrected chi connectivity index (χ3v) is 5.46. The van der Waals surface area contributed by atoms with Crippen LogP contribution in [0.3, 0.4) is 0 Å². The fourth-order valence-electron chi connectivity index (χ4n) is 3.75. The van der Waals surface area contributed by atoms with E-state index in [1.165, 1.54) is 5.56 Å². The minimum Gasteiger partial charge on any atom is -0.493 e. The van der Waals surface area contributed by atoms with Crippen LogP contribution in [0.15, 0.2) is 42.5 Å². The highest BCUT2D eigenvalue weighted by Crippen LogP contribution is 2.28. The Morgan fingerprint density at radius 3 is 2.70 bits per heavy atom. The van der Waals surface area contributed by atoms with E-state index in [0.29, 0.717) is 24.5 Å². The highest BCUT2D eigenvalue weighted by molar-refractivity contribution is 5.76. The van der Waals surface area contributed by atoms with Crippen LogP contribution in [0.5, 0.6) is 17.2 Å². The van der Waals surface area contributed by atoms with E-state index < -0.39 is 0 Å². The monoisotopic (exact) mass is 412 g/mol. The van der Waals surface area contributed by atoms with Crippen LogP contribution in [-0.2, 0) is 17.8 Å². The van der Waals surface area contributed by atoms with E-state index in [1.807, 2.05) is 48.3 Å². The second-order valence-corrected chi connectivity index (χ2v) is 7.78. The summed E-state index contributed by atoms with van der Waals surface area (Å²) in [6.07, 6.45) is 1.37. The Balaban J connectivity index is 1.50. The van der Waals surface area contributed by atoms with E-state index in [1.54, 1.807) is 14.2 Å². The molecule has 0 saturated carbocycles. The first-order valence-electron chi connectivity index (χ1n) is 10.4. The molecule has 0 saturated heterocycles. The molecule has 0 aliphatic carbocycles. The van der Waals surface area contributed by atoms with Gasteiger partial charge >= 0.3 is 0 Å². The number of fused-ring (bicyclic) bond motifs is 1. The molecule has 1 amide bonds. The molecular weight excluding hydrogens is 380 g/mol. The summed E-state index contributed by atoms with van der Waals surface area (Å²) < 4.78 is 16.6. The quantitative estimate of drug-likeness (QED) is 0.665. The van der Waals surface area contributed by atoms with E-state index in [-0.39, 0.29) is 12.0 Å². The molecule has 0 aromatic heterocycles. The molecule has 2 aromatic carbocycles. The van der Waals surface area contributed by atoms with Gasteiger partial charge in [0.25, 0.3) is 0 Å². The Morgan fingerprint density at radius 2 is 1.93 bits per heavy atom. The standard InChI is InChI=1S/C24H32N2O4/c1-18-16-26(17-20-7-5-6-8-21(20)30-18)14-12-24(27)25(2)13-11-19-9-10-22(28-3)23(15-19)29-4/h5-10,15,18H,11-14,16-17H2,1-4H3/t18-/m0/s1. The predicted octanol–water partition coefficient (Wildman–Crippen LogP) is 3.38. The lowest BCUT2D eigenvalue weighted by atomic mass is 10.1. The molecule has 2 aromatic rings. The van der Waals surface area contributed by atoms with Crippen LogP contribution in [0.25, 0.3) is 0 Å². The topological polar surface area (TPSA) is 51.2 Å². The van der Waals surface area contributed by atoms with E-state index in [0.717, 1.165) is 37.4 Å². The van der Waals surface area contributed by atoms with E-state index in [2.05, 4.69) is 17.9 Å². The van der Waals surface area contributed by atoms with Crippen LogP contribution in [0, 0.1) is 0 Å². The Hall–Kier alpha value is -2.73. The maximum absolute atomic E-state index is 12.7. The van der Waals surface area contributed by atoms with Gasteiger partial charge in [-0.05, 0) is 37.1 Å². The van der Waals surface area contributed by atoms with Gasteiger partial charge in [-0.1, -0.05) is 24.3 Å². The first-order chi connectivity index (χ1) is 14.5. The second-order valence-electron chi connectivity index (χ2n) is 7.78. The summed E-state index contributed by atoms with van der Waals surface area (Å²) in [5, 5.41) is 0. The zero-order valence-corrected chi connectivity index (χ0v) is 18.4. The Labute approximate surface area is 179 Å². The molecule has 1 atom stereocenters. The maximum Gasteiger partial charge on any atom is 0.223 e. The molecule has 0 N–H and O–H groups in total. The number of rotatable bonds is 8. The number of nitrogens with zero attached hydrogens (tertiary/aromatic N) is 2. The third-order valence-electron chi connectivity index (χ3n) is 5.46. The molecule has 0 bridgehead atoms. The molecule has 1 aliphatic rings. The van der Waals surface area contributed by atoms with Crippen molar-refractivity contribution in [1.82, 2.24) is 9.80 Å². The van der Waals surface area contributed by atoms with Crippen molar-refractivity contribution < 1.29 is 19.0 Å². The molecular formula is C24H32N2O4. The number of carbonyl (C=O) groups is 1. The predicted molar refractivity (Wildman–Crippen MR) is 117 cm³/mol. The van der Waals surface area contributed by atoms with Gasteiger partial charge in [0.2, 0.25) is 5.91 Å². The van der Waals surface area contributed by atoms with Gasteiger partial charge in [0.05, 0.1) is 14.2 Å². The summed E-state index contributed by atoms with van der Waals surface area (Å²) in [5.74, 6) is 2.53. The Morgan fingerprint density at radius 1 is 1.17 bits per heavy atom. The third kappa shape index (κ3) is 5.66. The number of hydrogen-bond acceptors (Lipinski definition) is 5. The van der Waals surface area contributed by atoms with Gasteiger partial charge in [-0.15, -0.1) is 0 Å². The lowest BCUT2D eigenvalue weighted by Gasteiger charge is -2.23. The Bertz CT molecular complexity index is 855. The van der Waals surface area contributed by atoms with Crippen molar-refractivity contribution in [1.29, 1.82) is 0 Å². The highest BCUT2D eigenvalue weighted by atomic mass is 16.5. The van der Waals surface area contributed by atoms with Crippen molar-refractivity contribution in [2.24, 2.45) is 0 Å². The van der Waals surface area contributed by atoms with Crippen LogP contribution >= 0.6 is 0 Å². The van der Waals surface area contributed by atoms with Crippen LogP contribution in [-0.4, -0.2) is 62.7 Å². The van der Waals surface area contributed by atoms with Crippen molar-refractivity contribution in [2.75, 3.05) is 40.9 Å². The number of carbonyl (C=O) groups excluding carboxylic acids is 1. The number of ether oxygens (including phenoxy) is 3. The molecule has 30 heavy (non-hydrogen) atoms. The number of para-hydroxylation sites is 1. The zero-order valence-electron chi connectivity index (χ0n) is 18.4. The lowest BCUT2D eigenvalue weighted by Crippen LogP contribution is -2.36. The second kappa shape index (κ2) is 10.3. The van der Waals surface area contributed by atoms with Gasteiger partial charge in [0, 0.05) is 45.2 Å². The summed E-state index contributed by atoms with van der Waals surface area (Å²) in [5.41, 5.74) is 2.29. The van der Waals surface area contributed by atoms with E-state index in [4.69, 9.17) is 14.2 Å². The summed E-state index contributed by atoms with van der Waals surface area (Å²) in [4.78, 5) is 16.8. The SMILES string of the molecule is COc1ccc(CCN(C)C(=O)CCN2Cc3ccccc3O[C@@H](C)C2)cc1OC. The first-order valence-corrected chi connectivity index (χ1v) is 10.4. The normalized spacial score (nSPS) is 16.2. The number of methoxy groups -OCH3 is 2. The molecule has 6 heteroatoms. The molecule has 1 heterocycles. The van der Waals surface area contributed by atoms with Gasteiger partial charge in [-0.25, -0.2) is 0 Å². The first kappa shape index (κ1) is 22.0. The fraction of sp³-hybridized carbons (Fsp3) is 0.458. The maximum atomic E-state index is 12.7. The molecule has 0 radical (unpaired) electrons. The minimum absolute atomic E-state index is 0.103. The summed E-state index contributed by atoms with van der Waals surface area (Å²) in [7, 11) is 5.12. The van der Waals surface area contributed by atoms with Gasteiger partial charge in [-0.2, -0.15) is 0 Å². The van der Waals surface area contributed by atoms with Crippen molar-refractivity contribution in [2.45, 2.75) is 32.4 Å². The number of likely N-dealkylation sites (N-methyl/N-ethyl adjacent to an activating group) is 1. The number of hydrogen-bond donors (Lipinski definition) is 0. The van der Waals surface area contributed by atoms with Crippen LogP contribution in [0.4, 0.5) is 0 Å². The number of benzene rings is 2. The summed E-state index contributed by atoms with van der Waals surface area (Å²) >= 11 is 0. The largest absolute Gasteiger partial charge is 0.493 e. The Kier molecular flexibility index (Phi) is 7.57. The van der Waals surface area contributed by atoms with E-state index >= 15 is 0 Å². The van der Waals surface area contributed by atoms with Crippen molar-refractivity contribution in [3.8, 4) is 17.2 Å². The molecule has 162 valence electrons. The van der Waals surface area contributed by atoms with Crippen LogP contribution < -0.4 is 14.2 Å². The molecule has 0 unspecified atom stereocenters. The van der Waals surface area contributed by atoms with Gasteiger partial charge < -0.3 is 19.1 Å². The van der Waals surface area contributed by atoms with Crippen molar-refractivity contribution >= 4 is 5.91 Å². The van der Waals surface area contributed by atoms with Crippen molar-refractivity contribution in [3.63, 3.8) is 0 Å². The lowest BCUT2D eigenvalue weighted by molar-refractivity contribution is -0.130. The highest BCUT2D eigenvalue weighted by Gasteiger charge is 2.21. The minimum atomic E-state index is 0.103. The van der Waals surface area contributed by atoms with Crippen LogP contribution in [0.1, 0.15) is 24.5 Å². The van der Waals surface area contributed by atoms with Gasteiger partial charge in [0.1, 0.15) is 11.9 Å². The van der Waals surface area contributed by atoms with Gasteiger partial charge in [-0.3, -0.25) is 9.69 Å². The summed E-state index contributed by atoms with van der Waals surface area (Å²) in [6, 6.07) is 14.0. The summed E-state index contributed by atoms with van der Waals surface area (Å²) in [6.45, 7) is 5.09. The molecule has 6 nitrogen and oxygen atoms in total. The van der Waals surface area contributed by atoms with Crippen LogP contribution in [0.2, 0.25) is 0 Å². The smallest absolute Gasteiger partial charge is 0.223 e. The molecule has 3 rings (SSSR count). The average Bonchev–Trinajstić information content (AvgIpc) is 2.92. The van der Waals surface area contributed by atoms with Crippen molar-refractivity contribution in [3.05, 3.63) is 53.6 Å². The average molecular weight is 413 g/mol. The fourth-order valence-corrected chi connectivity index (χ4v) is 3.75. The van der Waals surface area contributed by atoms with Gasteiger partial charge in [0.15, 0.2) is 11.5 Å². The van der Waals surface area contributed by atoms with E-state index in [9.17, 15) is 4.79 Å². The molecule has 0 fully saturated rings. The molecule has 0 spiro atoms. The zero-order chi connectivity index (χ0) is 21.5. The molecule has 1 aliphatic heterocycles. The number of amides is 1.